The number of hydrogen-bond donors (Lipinski definition) is 2. The summed E-state index contributed by atoms with van der Waals surface area (Å²) in [7, 11) is -9.67. The number of carbonyl (C=O) groups is 4. The van der Waals surface area contributed by atoms with Crippen LogP contribution in [-0.2, 0) is 53.1 Å². The molecule has 2 N–H and O–H groups in total. The van der Waals surface area contributed by atoms with E-state index in [-0.39, 0.29) is 59.1 Å². The van der Waals surface area contributed by atoms with E-state index in [1.54, 1.807) is 12.2 Å². The zero-order valence-electron chi connectivity index (χ0n) is 17.8. The van der Waals surface area contributed by atoms with Gasteiger partial charge in [0.15, 0.2) is 0 Å². The molecule has 0 amide bonds. The Kier molecular flexibility index (Phi) is 31.1. The number of ether oxygens (including phenoxy) is 1. The average Bonchev–Trinajstić information content (AvgIpc) is 2.57. The summed E-state index contributed by atoms with van der Waals surface area (Å²) in [5.41, 5.74) is 0. The van der Waals surface area contributed by atoms with Gasteiger partial charge in [-0.2, -0.15) is 16.8 Å². The SMILES string of the molecule is C=CCOCC=C.O=C([O-])CCC(=O)OS(=O)(=O)O.O=C([O-])CCC(=O)OS(=O)(=O)O.[Na+].[Na+]. The van der Waals surface area contributed by atoms with E-state index in [9.17, 15) is 46.2 Å². The Morgan fingerprint density at radius 3 is 1.15 bits per heavy atom. The van der Waals surface area contributed by atoms with E-state index in [4.69, 9.17) is 13.8 Å². The summed E-state index contributed by atoms with van der Waals surface area (Å²) in [4.78, 5) is 40.1. The monoisotopic (exact) mass is 538 g/mol. The summed E-state index contributed by atoms with van der Waals surface area (Å²) >= 11 is 0. The second-order valence-corrected chi connectivity index (χ2v) is 6.67. The number of carboxylic acids is 2. The smallest absolute Gasteiger partial charge is 0.550 e. The molecule has 180 valence electrons. The van der Waals surface area contributed by atoms with E-state index >= 15 is 0 Å². The van der Waals surface area contributed by atoms with Crippen LogP contribution in [-0.4, -0.2) is 63.0 Å². The molecule has 0 rings (SSSR count). The van der Waals surface area contributed by atoms with Gasteiger partial charge in [-0.25, -0.2) is 0 Å². The molecule has 15 nitrogen and oxygen atoms in total. The normalized spacial score (nSPS) is 9.52. The third-order valence-corrected chi connectivity index (χ3v) is 2.73. The number of rotatable bonds is 12. The number of carboxylic acid groups (broad SMARTS) is 2. The molecule has 0 atom stereocenters. The van der Waals surface area contributed by atoms with Crippen LogP contribution in [0.25, 0.3) is 0 Å². The van der Waals surface area contributed by atoms with Gasteiger partial charge in [-0.15, -0.1) is 13.2 Å². The van der Waals surface area contributed by atoms with Crippen molar-refractivity contribution in [1.29, 1.82) is 0 Å². The fourth-order valence-corrected chi connectivity index (χ4v) is 1.60. The molecule has 0 fully saturated rings. The van der Waals surface area contributed by atoms with Crippen LogP contribution in [0.2, 0.25) is 0 Å². The second kappa shape index (κ2) is 24.3. The van der Waals surface area contributed by atoms with E-state index in [0.29, 0.717) is 13.2 Å². The minimum Gasteiger partial charge on any atom is -0.550 e. The molecule has 0 saturated carbocycles. The molecule has 19 heteroatoms. The summed E-state index contributed by atoms with van der Waals surface area (Å²) in [6.45, 7) is 8.18. The van der Waals surface area contributed by atoms with Crippen molar-refractivity contribution < 1.29 is 128 Å². The van der Waals surface area contributed by atoms with Crippen LogP contribution in [0.5, 0.6) is 0 Å². The summed E-state index contributed by atoms with van der Waals surface area (Å²) in [6, 6.07) is 0. The Labute approximate surface area is 234 Å². The fraction of sp³-hybridized carbons (Fsp3) is 0.429. The fourth-order valence-electron chi connectivity index (χ4n) is 0.961. The second-order valence-electron chi connectivity index (χ2n) is 4.62. The van der Waals surface area contributed by atoms with Gasteiger partial charge in [0.2, 0.25) is 0 Å². The molecule has 0 aromatic rings. The average molecular weight is 538 g/mol. The van der Waals surface area contributed by atoms with Gasteiger partial charge in [0.05, 0.1) is 26.1 Å². The van der Waals surface area contributed by atoms with Crippen LogP contribution < -0.4 is 69.3 Å². The maximum Gasteiger partial charge on any atom is 1.00 e. The summed E-state index contributed by atoms with van der Waals surface area (Å²) < 4.78 is 66.8. The molecule has 0 unspecified atom stereocenters. The Balaban J connectivity index is -0.000000119. The molecular formula is C14H20Na2O15S2. The van der Waals surface area contributed by atoms with Gasteiger partial charge in [-0.3, -0.25) is 18.7 Å². The van der Waals surface area contributed by atoms with Crippen molar-refractivity contribution in [3.8, 4) is 0 Å². The van der Waals surface area contributed by atoms with Crippen LogP contribution in [0.15, 0.2) is 25.3 Å². The van der Waals surface area contributed by atoms with Crippen LogP contribution in [0.3, 0.4) is 0 Å². The third kappa shape index (κ3) is 49.4. The topological polar surface area (TPSA) is 251 Å². The van der Waals surface area contributed by atoms with Crippen molar-refractivity contribution in [1.82, 2.24) is 0 Å². The molecule has 0 saturated heterocycles. The summed E-state index contributed by atoms with van der Waals surface area (Å²) in [5.74, 6) is -5.71. The van der Waals surface area contributed by atoms with Gasteiger partial charge < -0.3 is 32.9 Å². The first-order valence-corrected chi connectivity index (χ1v) is 10.4. The first-order valence-electron chi connectivity index (χ1n) is 7.62. The van der Waals surface area contributed by atoms with Crippen molar-refractivity contribution >= 4 is 44.7 Å². The predicted molar refractivity (Wildman–Crippen MR) is 95.0 cm³/mol. The van der Waals surface area contributed by atoms with Crippen molar-refractivity contribution in [2.75, 3.05) is 13.2 Å². The molecule has 0 aliphatic rings. The maximum atomic E-state index is 10.3. The van der Waals surface area contributed by atoms with Gasteiger partial charge >= 0.3 is 91.9 Å². The summed E-state index contributed by atoms with van der Waals surface area (Å²) in [6.07, 6.45) is 0.778. The van der Waals surface area contributed by atoms with Gasteiger partial charge in [-0.05, 0) is 12.8 Å². The molecule has 0 radical (unpaired) electrons. The van der Waals surface area contributed by atoms with Crippen LogP contribution in [0, 0.1) is 0 Å². The molecule has 0 spiro atoms. The zero-order chi connectivity index (χ0) is 25.1. The standard InChI is InChI=1S/C6H10O.2C4H6O7S.2Na/c1-3-5-7-6-4-2;2*5-3(6)1-2-4(7)11-12(8,9)10;;/h3-4H,1-2,5-6H2;2*1-2H2,(H,5,6)(H,8,9,10);;/q;;;2*+1/p-2. The number of hydrogen-bond acceptors (Lipinski definition) is 13. The van der Waals surface area contributed by atoms with Crippen LogP contribution >= 0.6 is 0 Å². The molecule has 0 aliphatic heterocycles. The Morgan fingerprint density at radius 1 is 0.697 bits per heavy atom. The van der Waals surface area contributed by atoms with Crippen LogP contribution in [0.1, 0.15) is 25.7 Å². The van der Waals surface area contributed by atoms with E-state index in [1.807, 2.05) is 0 Å². The van der Waals surface area contributed by atoms with Gasteiger partial charge in [0.1, 0.15) is 0 Å². The van der Waals surface area contributed by atoms with Crippen molar-refractivity contribution in [2.24, 2.45) is 0 Å². The first-order chi connectivity index (χ1) is 14.0. The summed E-state index contributed by atoms with van der Waals surface area (Å²) in [5, 5.41) is 19.5. The minimum absolute atomic E-state index is 0. The van der Waals surface area contributed by atoms with E-state index in [0.717, 1.165) is 0 Å². The number of carbonyl (C=O) groups excluding carboxylic acids is 4. The third-order valence-electron chi connectivity index (χ3n) is 1.93. The minimum atomic E-state index is -4.83. The van der Waals surface area contributed by atoms with Crippen LogP contribution in [0.4, 0.5) is 0 Å². The van der Waals surface area contributed by atoms with Gasteiger partial charge in [-0.1, -0.05) is 12.2 Å². The molecule has 0 aromatic carbocycles. The van der Waals surface area contributed by atoms with Crippen molar-refractivity contribution in [3.63, 3.8) is 0 Å². The Hall–Kier alpha value is -0.860. The van der Waals surface area contributed by atoms with E-state index < -0.39 is 70.4 Å². The quantitative estimate of drug-likeness (QED) is 0.101. The largest absolute Gasteiger partial charge is 1.00 e. The Bertz CT molecular complexity index is 754. The first kappa shape index (κ1) is 42.3. The van der Waals surface area contributed by atoms with Gasteiger partial charge in [0.25, 0.3) is 0 Å². The Morgan fingerprint density at radius 2 is 0.970 bits per heavy atom. The van der Waals surface area contributed by atoms with Crippen molar-refractivity contribution in [3.05, 3.63) is 25.3 Å². The van der Waals surface area contributed by atoms with E-state index in [2.05, 4.69) is 21.5 Å². The van der Waals surface area contributed by atoms with E-state index in [1.165, 1.54) is 0 Å². The number of aliphatic carboxylic acids is 2. The molecule has 0 heterocycles. The molecule has 0 aromatic heterocycles. The molecule has 0 bridgehead atoms. The van der Waals surface area contributed by atoms with Gasteiger partial charge in [0, 0.05) is 11.9 Å². The zero-order valence-corrected chi connectivity index (χ0v) is 23.5. The molecule has 0 aliphatic carbocycles. The van der Waals surface area contributed by atoms with Crippen molar-refractivity contribution in [2.45, 2.75) is 25.7 Å². The maximum absolute atomic E-state index is 10.3. The predicted octanol–water partition coefficient (Wildman–Crippen LogP) is -8.89. The molecule has 33 heavy (non-hydrogen) atoms. The molecular weight excluding hydrogens is 518 g/mol.